The molecule has 2 aromatic heterocycles. The van der Waals surface area contributed by atoms with E-state index in [1.54, 1.807) is 13.0 Å². The fourth-order valence-electron chi connectivity index (χ4n) is 5.39. The maximum Gasteiger partial charge on any atom is 0.263 e. The van der Waals surface area contributed by atoms with Gasteiger partial charge in [0, 0.05) is 28.9 Å². The van der Waals surface area contributed by atoms with Gasteiger partial charge in [-0.1, -0.05) is 6.92 Å². The molecule has 214 valence electrons. The molecule has 0 unspecified atom stereocenters. The Morgan fingerprint density at radius 1 is 1.18 bits per heavy atom. The summed E-state index contributed by atoms with van der Waals surface area (Å²) in [4.78, 5) is 37.4. The van der Waals surface area contributed by atoms with E-state index in [9.17, 15) is 23.5 Å². The summed E-state index contributed by atoms with van der Waals surface area (Å²) in [5.74, 6) is 0.342. The molecular weight excluding hydrogens is 520 g/mol. The highest BCUT2D eigenvalue weighted by Crippen LogP contribution is 2.38. The van der Waals surface area contributed by atoms with Crippen LogP contribution in [-0.2, 0) is 4.79 Å². The van der Waals surface area contributed by atoms with E-state index in [4.69, 9.17) is 4.74 Å². The lowest BCUT2D eigenvalue weighted by Crippen LogP contribution is -2.49. The summed E-state index contributed by atoms with van der Waals surface area (Å²) in [5.41, 5.74) is 2.52. The predicted molar refractivity (Wildman–Crippen MR) is 145 cm³/mol. The van der Waals surface area contributed by atoms with Gasteiger partial charge in [0.15, 0.2) is 0 Å². The van der Waals surface area contributed by atoms with E-state index in [2.05, 4.69) is 25.6 Å². The second kappa shape index (κ2) is 11.5. The normalized spacial score (nSPS) is 21.8. The molecule has 11 heteroatoms. The molecule has 0 bridgehead atoms. The van der Waals surface area contributed by atoms with Crippen molar-refractivity contribution in [3.05, 3.63) is 41.3 Å². The van der Waals surface area contributed by atoms with Gasteiger partial charge in [0.25, 0.3) is 12.3 Å². The van der Waals surface area contributed by atoms with Crippen LogP contribution in [0.4, 0.5) is 8.78 Å². The van der Waals surface area contributed by atoms with E-state index in [0.29, 0.717) is 71.1 Å². The third-order valence-corrected chi connectivity index (χ3v) is 7.89. The number of nitrogens with zero attached hydrogens (tertiary/aromatic N) is 2. The molecule has 40 heavy (non-hydrogen) atoms. The first-order chi connectivity index (χ1) is 19.1. The standard InChI is InChI=1S/C29H35F2N5O4/c1-14-10-19(35-28(38)16(3)37)7-8-21(14)36-29(39)23-15(2)34-26-24(32-13-33-25(23)26)20-11-18(27(30)31)6-9-22(20)40-12-17-4-5-17/h6,9,11,13-14,16-17,19,21,27,34,37H,4-5,7-8,10,12H2,1-3H3,(H,35,38)(H,36,39)/t14-,16+,19-,21+/m1/s1. The number of aromatic amines is 1. The molecule has 0 radical (unpaired) electrons. The van der Waals surface area contributed by atoms with Gasteiger partial charge in [0.05, 0.1) is 17.7 Å². The fraction of sp³-hybridized carbons (Fsp3) is 0.517. The number of carbonyl (C=O) groups is 2. The summed E-state index contributed by atoms with van der Waals surface area (Å²) in [6, 6.07) is 4.14. The number of amides is 2. The highest BCUT2D eigenvalue weighted by molar-refractivity contribution is 6.09. The van der Waals surface area contributed by atoms with Gasteiger partial charge < -0.3 is 25.5 Å². The number of rotatable bonds is 9. The molecule has 9 nitrogen and oxygen atoms in total. The van der Waals surface area contributed by atoms with Crippen molar-refractivity contribution in [1.29, 1.82) is 0 Å². The van der Waals surface area contributed by atoms with Gasteiger partial charge in [-0.05, 0) is 76.0 Å². The van der Waals surface area contributed by atoms with Crippen LogP contribution in [0.3, 0.4) is 0 Å². The number of nitrogens with one attached hydrogen (secondary N) is 3. The van der Waals surface area contributed by atoms with Crippen molar-refractivity contribution in [3.8, 4) is 17.0 Å². The number of alkyl halides is 2. The van der Waals surface area contributed by atoms with Gasteiger partial charge in [0.1, 0.15) is 29.4 Å². The molecule has 2 amide bonds. The van der Waals surface area contributed by atoms with Gasteiger partial charge in [0.2, 0.25) is 5.91 Å². The molecule has 0 aliphatic heterocycles. The van der Waals surface area contributed by atoms with Crippen LogP contribution >= 0.6 is 0 Å². The fourth-order valence-corrected chi connectivity index (χ4v) is 5.39. The second-order valence-electron chi connectivity index (χ2n) is 11.1. The van der Waals surface area contributed by atoms with Gasteiger partial charge in [-0.15, -0.1) is 0 Å². The van der Waals surface area contributed by atoms with E-state index >= 15 is 0 Å². The summed E-state index contributed by atoms with van der Waals surface area (Å²) in [5, 5.41) is 15.5. The number of ether oxygens (including phenoxy) is 1. The number of carbonyl (C=O) groups excluding carboxylic acids is 2. The summed E-state index contributed by atoms with van der Waals surface area (Å²) in [6.45, 7) is 5.73. The van der Waals surface area contributed by atoms with Crippen LogP contribution < -0.4 is 15.4 Å². The van der Waals surface area contributed by atoms with Crippen LogP contribution in [0, 0.1) is 18.8 Å². The van der Waals surface area contributed by atoms with Crippen molar-refractivity contribution in [1.82, 2.24) is 25.6 Å². The van der Waals surface area contributed by atoms with E-state index in [-0.39, 0.29) is 29.5 Å². The maximum absolute atomic E-state index is 13.6. The maximum atomic E-state index is 13.6. The molecule has 2 saturated carbocycles. The molecule has 1 aromatic carbocycles. The molecule has 2 aliphatic carbocycles. The summed E-state index contributed by atoms with van der Waals surface area (Å²) < 4.78 is 33.2. The van der Waals surface area contributed by atoms with Crippen LogP contribution in [0.2, 0.25) is 0 Å². The van der Waals surface area contributed by atoms with E-state index in [0.717, 1.165) is 12.8 Å². The van der Waals surface area contributed by atoms with Gasteiger partial charge in [-0.3, -0.25) is 9.59 Å². The quantitative estimate of drug-likeness (QED) is 0.309. The third kappa shape index (κ3) is 5.94. The van der Waals surface area contributed by atoms with Gasteiger partial charge >= 0.3 is 0 Å². The number of benzene rings is 1. The number of aromatic nitrogens is 3. The zero-order chi connectivity index (χ0) is 28.6. The van der Waals surface area contributed by atoms with Crippen molar-refractivity contribution >= 4 is 22.8 Å². The van der Waals surface area contributed by atoms with E-state index < -0.39 is 18.4 Å². The van der Waals surface area contributed by atoms with Crippen LogP contribution in [-0.4, -0.2) is 56.7 Å². The first kappa shape index (κ1) is 27.9. The lowest BCUT2D eigenvalue weighted by Gasteiger charge is -2.35. The van der Waals surface area contributed by atoms with Crippen molar-refractivity contribution in [2.45, 2.75) is 77.5 Å². The average molecular weight is 556 g/mol. The first-order valence-electron chi connectivity index (χ1n) is 13.8. The number of aliphatic hydroxyl groups excluding tert-OH is 1. The highest BCUT2D eigenvalue weighted by atomic mass is 19.3. The van der Waals surface area contributed by atoms with E-state index in [1.807, 2.05) is 6.92 Å². The molecule has 4 N–H and O–H groups in total. The monoisotopic (exact) mass is 555 g/mol. The smallest absolute Gasteiger partial charge is 0.263 e. The minimum absolute atomic E-state index is 0.0595. The topological polar surface area (TPSA) is 129 Å². The van der Waals surface area contributed by atoms with Crippen molar-refractivity contribution in [2.24, 2.45) is 11.8 Å². The largest absolute Gasteiger partial charge is 0.493 e. The zero-order valence-corrected chi connectivity index (χ0v) is 22.8. The molecule has 3 aromatic rings. The van der Waals surface area contributed by atoms with Crippen LogP contribution in [0.5, 0.6) is 5.75 Å². The number of aryl methyl sites for hydroxylation is 1. The number of halogens is 2. The number of hydrogen-bond donors (Lipinski definition) is 4. The number of aliphatic hydroxyl groups is 1. The molecule has 0 spiro atoms. The molecule has 2 heterocycles. The Morgan fingerprint density at radius 3 is 2.62 bits per heavy atom. The summed E-state index contributed by atoms with van der Waals surface area (Å²) in [7, 11) is 0. The predicted octanol–water partition coefficient (Wildman–Crippen LogP) is 4.44. The Balaban J connectivity index is 1.40. The Kier molecular flexibility index (Phi) is 8.02. The lowest BCUT2D eigenvalue weighted by molar-refractivity contribution is -0.129. The summed E-state index contributed by atoms with van der Waals surface area (Å²) in [6.07, 6.45) is 1.81. The number of fused-ring (bicyclic) bond motifs is 1. The molecule has 2 fully saturated rings. The minimum atomic E-state index is -2.65. The Bertz CT molecular complexity index is 1400. The van der Waals surface area contributed by atoms with Gasteiger partial charge in [-0.25, -0.2) is 18.7 Å². The highest BCUT2D eigenvalue weighted by Gasteiger charge is 2.32. The minimum Gasteiger partial charge on any atom is -0.493 e. The van der Waals surface area contributed by atoms with Crippen molar-refractivity contribution in [2.75, 3.05) is 6.61 Å². The number of hydrogen-bond acceptors (Lipinski definition) is 6. The van der Waals surface area contributed by atoms with E-state index in [1.165, 1.54) is 25.4 Å². The second-order valence-corrected chi connectivity index (χ2v) is 11.1. The molecule has 4 atom stereocenters. The Hall–Kier alpha value is -3.60. The van der Waals surface area contributed by atoms with Gasteiger partial charge in [-0.2, -0.15) is 0 Å². The Morgan fingerprint density at radius 2 is 1.95 bits per heavy atom. The number of H-pyrrole nitrogens is 1. The van der Waals surface area contributed by atoms with Crippen molar-refractivity contribution in [3.63, 3.8) is 0 Å². The van der Waals surface area contributed by atoms with Crippen LogP contribution in [0.15, 0.2) is 24.5 Å². The first-order valence-corrected chi connectivity index (χ1v) is 13.8. The third-order valence-electron chi connectivity index (χ3n) is 7.89. The molecule has 5 rings (SSSR count). The van der Waals surface area contributed by atoms with Crippen LogP contribution in [0.1, 0.15) is 74.0 Å². The average Bonchev–Trinajstić information content (AvgIpc) is 3.68. The Labute approximate surface area is 231 Å². The molecular formula is C29H35F2N5O4. The summed E-state index contributed by atoms with van der Waals surface area (Å²) >= 11 is 0. The SMILES string of the molecule is Cc1[nH]c2c(-c3cc(C(F)F)ccc3OCC3CC3)ncnc2c1C(=O)N[C@H]1CC[C@@H](NC(=O)[C@H](C)O)C[C@H]1C. The lowest BCUT2D eigenvalue weighted by atomic mass is 9.82. The molecule has 0 saturated heterocycles. The zero-order valence-electron chi connectivity index (χ0n) is 22.8. The molecule has 2 aliphatic rings. The van der Waals surface area contributed by atoms with Crippen LogP contribution in [0.25, 0.3) is 22.3 Å². The van der Waals surface area contributed by atoms with Crippen molar-refractivity contribution < 1.29 is 28.2 Å².